The fraction of sp³-hybridized carbons (Fsp3) is 0.750. The summed E-state index contributed by atoms with van der Waals surface area (Å²) in [4.78, 5) is 0. The van der Waals surface area contributed by atoms with Gasteiger partial charge in [-0.2, -0.15) is 18.3 Å². The predicted octanol–water partition coefficient (Wildman–Crippen LogP) is 2.52. The average Bonchev–Trinajstić information content (AvgIpc) is 2.75. The lowest BCUT2D eigenvalue weighted by atomic mass is 10.2. The molecule has 110 valence electrons. The monoisotopic (exact) mass is 279 g/mol. The van der Waals surface area contributed by atoms with Gasteiger partial charge < -0.3 is 10.1 Å². The Morgan fingerprint density at radius 2 is 2.16 bits per heavy atom. The van der Waals surface area contributed by atoms with Crippen LogP contribution in [0.4, 0.5) is 13.2 Å². The third-order valence-electron chi connectivity index (χ3n) is 2.54. The lowest BCUT2D eigenvalue weighted by Crippen LogP contribution is -2.29. The van der Waals surface area contributed by atoms with Crippen LogP contribution in [0.15, 0.2) is 12.3 Å². The SMILES string of the molecule is CCCn1nccc1C(COCC(F)(F)F)NCC. The summed E-state index contributed by atoms with van der Waals surface area (Å²) in [7, 11) is 0. The zero-order valence-corrected chi connectivity index (χ0v) is 11.2. The highest BCUT2D eigenvalue weighted by molar-refractivity contribution is 5.07. The summed E-state index contributed by atoms with van der Waals surface area (Å²) < 4.78 is 42.8. The number of aromatic nitrogens is 2. The molecule has 0 aromatic carbocycles. The van der Waals surface area contributed by atoms with E-state index in [0.29, 0.717) is 6.54 Å². The van der Waals surface area contributed by atoms with Crippen LogP contribution in [-0.4, -0.2) is 35.7 Å². The number of hydrogen-bond acceptors (Lipinski definition) is 3. The molecule has 0 radical (unpaired) electrons. The number of ether oxygens (including phenoxy) is 1. The molecule has 1 aromatic heterocycles. The largest absolute Gasteiger partial charge is 0.411 e. The maximum Gasteiger partial charge on any atom is 0.411 e. The molecular weight excluding hydrogens is 259 g/mol. The molecule has 0 aliphatic carbocycles. The van der Waals surface area contributed by atoms with Gasteiger partial charge in [-0.1, -0.05) is 13.8 Å². The minimum Gasteiger partial charge on any atom is -0.370 e. The predicted molar refractivity (Wildman–Crippen MR) is 65.8 cm³/mol. The Morgan fingerprint density at radius 3 is 2.74 bits per heavy atom. The zero-order chi connectivity index (χ0) is 14.3. The van der Waals surface area contributed by atoms with E-state index in [1.54, 1.807) is 16.9 Å². The van der Waals surface area contributed by atoms with E-state index in [4.69, 9.17) is 4.74 Å². The molecule has 1 aromatic rings. The summed E-state index contributed by atoms with van der Waals surface area (Å²) in [5.74, 6) is 0. The van der Waals surface area contributed by atoms with Gasteiger partial charge in [0.25, 0.3) is 0 Å². The Kier molecular flexibility index (Phi) is 6.30. The van der Waals surface area contributed by atoms with Crippen LogP contribution in [0.5, 0.6) is 0 Å². The zero-order valence-electron chi connectivity index (χ0n) is 11.2. The van der Waals surface area contributed by atoms with Crippen molar-refractivity contribution in [3.8, 4) is 0 Å². The number of nitrogens with zero attached hydrogens (tertiary/aromatic N) is 2. The minimum atomic E-state index is -4.29. The van der Waals surface area contributed by atoms with E-state index in [0.717, 1.165) is 18.7 Å². The number of hydrogen-bond donors (Lipinski definition) is 1. The Bertz CT molecular complexity index is 365. The molecule has 1 unspecified atom stereocenters. The van der Waals surface area contributed by atoms with Crippen molar-refractivity contribution in [2.24, 2.45) is 0 Å². The molecule has 0 bridgehead atoms. The van der Waals surface area contributed by atoms with Gasteiger partial charge in [0.2, 0.25) is 0 Å². The molecule has 1 N–H and O–H groups in total. The van der Waals surface area contributed by atoms with Crippen molar-refractivity contribution in [3.63, 3.8) is 0 Å². The van der Waals surface area contributed by atoms with Gasteiger partial charge in [-0.3, -0.25) is 4.68 Å². The summed E-state index contributed by atoms with van der Waals surface area (Å²) in [6.07, 6.45) is -1.73. The second-order valence-corrected chi connectivity index (χ2v) is 4.22. The molecule has 0 saturated heterocycles. The second kappa shape index (κ2) is 7.49. The highest BCUT2D eigenvalue weighted by Crippen LogP contribution is 2.18. The van der Waals surface area contributed by atoms with Crippen molar-refractivity contribution in [1.29, 1.82) is 0 Å². The third kappa shape index (κ3) is 5.61. The average molecular weight is 279 g/mol. The van der Waals surface area contributed by atoms with Crippen molar-refractivity contribution >= 4 is 0 Å². The normalized spacial score (nSPS) is 13.7. The number of halogens is 3. The smallest absolute Gasteiger partial charge is 0.370 e. The second-order valence-electron chi connectivity index (χ2n) is 4.22. The molecule has 0 amide bonds. The highest BCUT2D eigenvalue weighted by atomic mass is 19.4. The number of alkyl halides is 3. The van der Waals surface area contributed by atoms with Crippen molar-refractivity contribution < 1.29 is 17.9 Å². The molecule has 0 saturated carbocycles. The quantitative estimate of drug-likeness (QED) is 0.794. The summed E-state index contributed by atoms with van der Waals surface area (Å²) in [5.41, 5.74) is 0.853. The molecule has 19 heavy (non-hydrogen) atoms. The van der Waals surface area contributed by atoms with E-state index in [1.807, 2.05) is 13.8 Å². The Morgan fingerprint density at radius 1 is 1.42 bits per heavy atom. The topological polar surface area (TPSA) is 39.1 Å². The van der Waals surface area contributed by atoms with E-state index in [2.05, 4.69) is 10.4 Å². The van der Waals surface area contributed by atoms with E-state index in [9.17, 15) is 13.2 Å². The Balaban J connectivity index is 2.63. The van der Waals surface area contributed by atoms with Gasteiger partial charge in [-0.05, 0) is 19.0 Å². The molecular formula is C12H20F3N3O. The van der Waals surface area contributed by atoms with Crippen LogP contribution in [0, 0.1) is 0 Å². The van der Waals surface area contributed by atoms with Crippen molar-refractivity contribution in [3.05, 3.63) is 18.0 Å². The Labute approximate surface area is 110 Å². The fourth-order valence-corrected chi connectivity index (χ4v) is 1.83. The van der Waals surface area contributed by atoms with Crippen LogP contribution in [0.1, 0.15) is 32.0 Å². The van der Waals surface area contributed by atoms with Crippen LogP contribution in [0.25, 0.3) is 0 Å². The molecule has 1 heterocycles. The first kappa shape index (κ1) is 16.0. The van der Waals surface area contributed by atoms with E-state index < -0.39 is 12.8 Å². The fourth-order valence-electron chi connectivity index (χ4n) is 1.83. The first-order valence-corrected chi connectivity index (χ1v) is 6.37. The number of rotatable bonds is 8. The molecule has 4 nitrogen and oxygen atoms in total. The number of nitrogens with one attached hydrogen (secondary N) is 1. The van der Waals surface area contributed by atoms with Crippen molar-refractivity contribution in [1.82, 2.24) is 15.1 Å². The molecule has 0 spiro atoms. The molecule has 7 heteroatoms. The van der Waals surface area contributed by atoms with E-state index >= 15 is 0 Å². The van der Waals surface area contributed by atoms with E-state index in [-0.39, 0.29) is 12.6 Å². The van der Waals surface area contributed by atoms with Crippen LogP contribution in [0.3, 0.4) is 0 Å². The van der Waals surface area contributed by atoms with Gasteiger partial charge in [-0.25, -0.2) is 0 Å². The van der Waals surface area contributed by atoms with Crippen molar-refractivity contribution in [2.75, 3.05) is 19.8 Å². The maximum atomic E-state index is 12.1. The third-order valence-corrected chi connectivity index (χ3v) is 2.54. The lowest BCUT2D eigenvalue weighted by Gasteiger charge is -2.20. The molecule has 0 aliphatic heterocycles. The molecule has 1 rings (SSSR count). The van der Waals surface area contributed by atoms with Crippen LogP contribution in [-0.2, 0) is 11.3 Å². The highest BCUT2D eigenvalue weighted by Gasteiger charge is 2.28. The summed E-state index contributed by atoms with van der Waals surface area (Å²) in [5, 5.41) is 7.28. The number of likely N-dealkylation sites (N-methyl/N-ethyl adjacent to an activating group) is 1. The summed E-state index contributed by atoms with van der Waals surface area (Å²) in [6.45, 7) is 4.06. The van der Waals surface area contributed by atoms with E-state index in [1.165, 1.54) is 0 Å². The van der Waals surface area contributed by atoms with Crippen LogP contribution >= 0.6 is 0 Å². The Hall–Kier alpha value is -1.08. The molecule has 0 aliphatic rings. The lowest BCUT2D eigenvalue weighted by molar-refractivity contribution is -0.175. The summed E-state index contributed by atoms with van der Waals surface area (Å²) in [6, 6.07) is 1.53. The van der Waals surface area contributed by atoms with Crippen LogP contribution in [0.2, 0.25) is 0 Å². The van der Waals surface area contributed by atoms with Gasteiger partial charge in [0, 0.05) is 12.7 Å². The first-order chi connectivity index (χ1) is 8.98. The maximum absolute atomic E-state index is 12.1. The molecule has 1 atom stereocenters. The van der Waals surface area contributed by atoms with Gasteiger partial charge in [0.05, 0.1) is 18.3 Å². The van der Waals surface area contributed by atoms with Gasteiger partial charge in [-0.15, -0.1) is 0 Å². The van der Waals surface area contributed by atoms with Gasteiger partial charge in [0.15, 0.2) is 0 Å². The van der Waals surface area contributed by atoms with Crippen molar-refractivity contribution in [2.45, 2.75) is 39.0 Å². The minimum absolute atomic E-state index is 0.0250. The van der Waals surface area contributed by atoms with Gasteiger partial charge in [0.1, 0.15) is 6.61 Å². The first-order valence-electron chi connectivity index (χ1n) is 6.37. The number of aryl methyl sites for hydroxylation is 1. The summed E-state index contributed by atoms with van der Waals surface area (Å²) >= 11 is 0. The molecule has 0 fully saturated rings. The van der Waals surface area contributed by atoms with Crippen LogP contribution < -0.4 is 5.32 Å². The van der Waals surface area contributed by atoms with Gasteiger partial charge >= 0.3 is 6.18 Å². The standard InChI is InChI=1S/C12H20F3N3O/c1-3-7-18-11(5-6-17-18)10(16-4-2)8-19-9-12(13,14)15/h5-6,10,16H,3-4,7-9H2,1-2H3.